The summed E-state index contributed by atoms with van der Waals surface area (Å²) in [4.78, 5) is 0. The van der Waals surface area contributed by atoms with E-state index in [1.807, 2.05) is 0 Å². The summed E-state index contributed by atoms with van der Waals surface area (Å²) in [5, 5.41) is 0. The van der Waals surface area contributed by atoms with Gasteiger partial charge in [-0.15, -0.1) is 0 Å². The molecule has 1 saturated carbocycles. The molecule has 1 nitrogen and oxygen atoms in total. The van der Waals surface area contributed by atoms with Crippen LogP contribution in [0, 0.1) is 11.6 Å². The van der Waals surface area contributed by atoms with Gasteiger partial charge in [0.15, 0.2) is 0 Å². The van der Waals surface area contributed by atoms with E-state index in [1.54, 1.807) is 0 Å². The van der Waals surface area contributed by atoms with Crippen LogP contribution in [-0.4, -0.2) is 6.54 Å². The van der Waals surface area contributed by atoms with E-state index in [4.69, 9.17) is 5.73 Å². The lowest BCUT2D eigenvalue weighted by Crippen LogP contribution is -2.13. The van der Waals surface area contributed by atoms with Crippen LogP contribution in [0.1, 0.15) is 24.8 Å². The molecule has 0 heterocycles. The largest absolute Gasteiger partial charge is 0.330 e. The van der Waals surface area contributed by atoms with E-state index in [1.165, 1.54) is 12.1 Å². The molecule has 14 heavy (non-hydrogen) atoms. The Hall–Kier alpha value is -0.960. The Morgan fingerprint density at radius 2 is 1.71 bits per heavy atom. The highest BCUT2D eigenvalue weighted by molar-refractivity contribution is 5.32. The first-order valence-corrected chi connectivity index (χ1v) is 4.83. The quantitative estimate of drug-likeness (QED) is 0.790. The van der Waals surface area contributed by atoms with Crippen molar-refractivity contribution in [2.75, 3.05) is 6.54 Å². The van der Waals surface area contributed by atoms with E-state index in [-0.39, 0.29) is 5.41 Å². The Morgan fingerprint density at radius 3 is 2.14 bits per heavy atom. The number of hydrogen-bond acceptors (Lipinski definition) is 1. The van der Waals surface area contributed by atoms with Crippen molar-refractivity contribution in [3.8, 4) is 0 Å². The smallest absolute Gasteiger partial charge is 0.126 e. The van der Waals surface area contributed by atoms with Gasteiger partial charge in [-0.05, 0) is 48.9 Å². The molecule has 0 aromatic heterocycles. The van der Waals surface area contributed by atoms with Gasteiger partial charge in [-0.3, -0.25) is 0 Å². The van der Waals surface area contributed by atoms with Crippen molar-refractivity contribution in [1.82, 2.24) is 0 Å². The molecule has 0 bridgehead atoms. The average molecular weight is 197 g/mol. The second kappa shape index (κ2) is 3.31. The topological polar surface area (TPSA) is 26.0 Å². The number of rotatable bonds is 3. The maximum atomic E-state index is 13.0. The third-order valence-electron chi connectivity index (χ3n) is 2.95. The Bertz CT molecular complexity index is 325. The van der Waals surface area contributed by atoms with E-state index in [0.29, 0.717) is 6.54 Å². The average Bonchev–Trinajstić information content (AvgIpc) is 2.84. The molecular weight excluding hydrogens is 184 g/mol. The molecule has 0 amide bonds. The van der Waals surface area contributed by atoms with E-state index < -0.39 is 11.6 Å². The van der Waals surface area contributed by atoms with Crippen LogP contribution in [0.3, 0.4) is 0 Å². The fraction of sp³-hybridized carbons (Fsp3) is 0.455. The maximum Gasteiger partial charge on any atom is 0.126 e. The number of halogens is 2. The van der Waals surface area contributed by atoms with Crippen molar-refractivity contribution in [2.24, 2.45) is 5.73 Å². The summed E-state index contributed by atoms with van der Waals surface area (Å²) in [6, 6.07) is 3.75. The highest BCUT2D eigenvalue weighted by atomic mass is 19.1. The summed E-state index contributed by atoms with van der Waals surface area (Å²) in [5.74, 6) is -0.994. The zero-order chi connectivity index (χ0) is 10.2. The number of benzene rings is 1. The molecule has 76 valence electrons. The summed E-state index contributed by atoms with van der Waals surface area (Å²) >= 11 is 0. The van der Waals surface area contributed by atoms with Gasteiger partial charge in [-0.2, -0.15) is 0 Å². The zero-order valence-corrected chi connectivity index (χ0v) is 7.89. The highest BCUT2D eigenvalue weighted by Gasteiger charge is 2.43. The normalized spacial score (nSPS) is 18.2. The molecule has 0 atom stereocenters. The lowest BCUT2D eigenvalue weighted by molar-refractivity contribution is 0.561. The molecule has 0 saturated heterocycles. The van der Waals surface area contributed by atoms with Gasteiger partial charge in [0.25, 0.3) is 0 Å². The van der Waals surface area contributed by atoms with Crippen LogP contribution in [0.25, 0.3) is 0 Å². The summed E-state index contributed by atoms with van der Waals surface area (Å²) < 4.78 is 25.9. The lowest BCUT2D eigenvalue weighted by Gasteiger charge is -2.14. The van der Waals surface area contributed by atoms with E-state index in [2.05, 4.69) is 0 Å². The monoisotopic (exact) mass is 197 g/mol. The second-order valence-corrected chi connectivity index (χ2v) is 3.98. The zero-order valence-electron chi connectivity index (χ0n) is 7.89. The third kappa shape index (κ3) is 1.64. The Morgan fingerprint density at radius 1 is 1.14 bits per heavy atom. The first-order valence-electron chi connectivity index (χ1n) is 4.83. The van der Waals surface area contributed by atoms with Crippen LogP contribution in [0.15, 0.2) is 18.2 Å². The van der Waals surface area contributed by atoms with Crippen molar-refractivity contribution >= 4 is 0 Å². The van der Waals surface area contributed by atoms with Gasteiger partial charge in [0.2, 0.25) is 0 Å². The summed E-state index contributed by atoms with van der Waals surface area (Å²) in [5.41, 5.74) is 6.21. The molecule has 1 aliphatic rings. The Kier molecular flexibility index (Phi) is 2.27. The summed E-state index contributed by atoms with van der Waals surface area (Å²) in [7, 11) is 0. The van der Waals surface area contributed by atoms with E-state index in [0.717, 1.165) is 30.9 Å². The first kappa shape index (κ1) is 9.59. The fourth-order valence-corrected chi connectivity index (χ4v) is 1.97. The van der Waals surface area contributed by atoms with E-state index >= 15 is 0 Å². The van der Waals surface area contributed by atoms with Crippen molar-refractivity contribution in [3.63, 3.8) is 0 Å². The van der Waals surface area contributed by atoms with Crippen LogP contribution >= 0.6 is 0 Å². The van der Waals surface area contributed by atoms with Crippen LogP contribution in [-0.2, 0) is 5.41 Å². The van der Waals surface area contributed by atoms with Gasteiger partial charge in [0.1, 0.15) is 11.6 Å². The molecule has 3 heteroatoms. The maximum absolute atomic E-state index is 13.0. The number of hydrogen-bond donors (Lipinski definition) is 1. The molecule has 0 spiro atoms. The van der Waals surface area contributed by atoms with Crippen molar-refractivity contribution < 1.29 is 8.78 Å². The molecule has 1 aliphatic carbocycles. The molecule has 0 aliphatic heterocycles. The fourth-order valence-electron chi connectivity index (χ4n) is 1.97. The van der Waals surface area contributed by atoms with Gasteiger partial charge in [0.05, 0.1) is 0 Å². The second-order valence-electron chi connectivity index (χ2n) is 3.98. The molecule has 2 rings (SSSR count). The van der Waals surface area contributed by atoms with Crippen LogP contribution in [0.2, 0.25) is 0 Å². The predicted octanol–water partition coefficient (Wildman–Crippen LogP) is 2.35. The van der Waals surface area contributed by atoms with Crippen LogP contribution in [0.5, 0.6) is 0 Å². The minimum Gasteiger partial charge on any atom is -0.330 e. The molecule has 1 fully saturated rings. The first-order chi connectivity index (χ1) is 6.66. The molecule has 0 unspecified atom stereocenters. The van der Waals surface area contributed by atoms with Gasteiger partial charge in [0, 0.05) is 6.07 Å². The number of nitrogens with two attached hydrogens (primary N) is 1. The van der Waals surface area contributed by atoms with Gasteiger partial charge < -0.3 is 5.73 Å². The van der Waals surface area contributed by atoms with Crippen molar-refractivity contribution in [1.29, 1.82) is 0 Å². The summed E-state index contributed by atoms with van der Waals surface area (Å²) in [6.07, 6.45) is 2.80. The van der Waals surface area contributed by atoms with Crippen molar-refractivity contribution in [3.05, 3.63) is 35.4 Å². The van der Waals surface area contributed by atoms with E-state index in [9.17, 15) is 8.78 Å². The Balaban J connectivity index is 2.32. The SMILES string of the molecule is NCCC1(c2cc(F)cc(F)c2)CC1. The Labute approximate surface area is 81.9 Å². The molecule has 0 radical (unpaired) electrons. The highest BCUT2D eigenvalue weighted by Crippen LogP contribution is 2.50. The third-order valence-corrected chi connectivity index (χ3v) is 2.95. The molecular formula is C11H13F2N. The predicted molar refractivity (Wildman–Crippen MR) is 50.9 cm³/mol. The molecule has 1 aromatic rings. The lowest BCUT2D eigenvalue weighted by atomic mass is 9.92. The van der Waals surface area contributed by atoms with Crippen LogP contribution in [0.4, 0.5) is 8.78 Å². The van der Waals surface area contributed by atoms with Gasteiger partial charge in [-0.25, -0.2) is 8.78 Å². The minimum absolute atomic E-state index is 0.0301. The minimum atomic E-state index is -0.497. The van der Waals surface area contributed by atoms with Gasteiger partial charge in [-0.1, -0.05) is 0 Å². The molecule has 1 aromatic carbocycles. The standard InChI is InChI=1S/C11H13F2N/c12-9-5-8(6-10(13)7-9)11(1-2-11)3-4-14/h5-7H,1-4,14H2. The van der Waals surface area contributed by atoms with Crippen LogP contribution < -0.4 is 5.73 Å². The van der Waals surface area contributed by atoms with Gasteiger partial charge >= 0.3 is 0 Å². The summed E-state index contributed by atoms with van der Waals surface area (Å²) in [6.45, 7) is 0.568. The molecule has 2 N–H and O–H groups in total. The van der Waals surface area contributed by atoms with Crippen molar-refractivity contribution in [2.45, 2.75) is 24.7 Å².